The molecule has 0 saturated carbocycles. The summed E-state index contributed by atoms with van der Waals surface area (Å²) in [4.78, 5) is 12.8. The quantitative estimate of drug-likeness (QED) is 0.715. The predicted molar refractivity (Wildman–Crippen MR) is 106 cm³/mol. The summed E-state index contributed by atoms with van der Waals surface area (Å²) in [7, 11) is -2.37. The molecule has 2 aromatic carbocycles. The molecule has 1 amide bonds. The lowest BCUT2D eigenvalue weighted by Gasteiger charge is -2.31. The van der Waals surface area contributed by atoms with Crippen molar-refractivity contribution in [3.8, 4) is 11.5 Å². The molecule has 0 bridgehead atoms. The van der Waals surface area contributed by atoms with Gasteiger partial charge < -0.3 is 14.8 Å². The molecule has 11 heteroatoms. The fourth-order valence-electron chi connectivity index (χ4n) is 3.29. The monoisotopic (exact) mass is 458 g/mol. The van der Waals surface area contributed by atoms with E-state index in [-0.39, 0.29) is 23.7 Å². The third-order valence-electron chi connectivity index (χ3n) is 4.82. The van der Waals surface area contributed by atoms with Crippen LogP contribution >= 0.6 is 0 Å². The van der Waals surface area contributed by atoms with Crippen LogP contribution in [-0.4, -0.2) is 45.2 Å². The number of sulfonamides is 1. The highest BCUT2D eigenvalue weighted by atomic mass is 32.2. The Hall–Kier alpha value is -2.79. The summed E-state index contributed by atoms with van der Waals surface area (Å²) in [6.45, 7) is 0.161. The van der Waals surface area contributed by atoms with Crippen LogP contribution in [0.25, 0.3) is 0 Å². The molecule has 0 spiro atoms. The molecule has 1 atom stereocenters. The van der Waals surface area contributed by atoms with E-state index in [0.717, 1.165) is 6.07 Å². The van der Waals surface area contributed by atoms with Gasteiger partial charge in [-0.15, -0.1) is 13.2 Å². The Bertz CT molecular complexity index is 1030. The lowest BCUT2D eigenvalue weighted by Crippen LogP contribution is -2.43. The number of carbonyl (C=O) groups excluding carboxylic acids is 1. The highest BCUT2D eigenvalue weighted by molar-refractivity contribution is 7.89. The number of alkyl halides is 3. The maximum Gasteiger partial charge on any atom is 0.573 e. The third kappa shape index (κ3) is 5.67. The summed E-state index contributed by atoms with van der Waals surface area (Å²) < 4.78 is 73.8. The summed E-state index contributed by atoms with van der Waals surface area (Å²) in [6, 6.07) is 11.1. The van der Waals surface area contributed by atoms with Gasteiger partial charge >= 0.3 is 6.36 Å². The van der Waals surface area contributed by atoms with E-state index >= 15 is 0 Å². The minimum Gasteiger partial charge on any atom is -0.497 e. The number of anilines is 1. The van der Waals surface area contributed by atoms with Crippen molar-refractivity contribution < 1.29 is 35.9 Å². The topological polar surface area (TPSA) is 84.9 Å². The Morgan fingerprint density at radius 1 is 1.13 bits per heavy atom. The van der Waals surface area contributed by atoms with Gasteiger partial charge in [0.1, 0.15) is 5.75 Å². The van der Waals surface area contributed by atoms with E-state index in [1.807, 2.05) is 0 Å². The van der Waals surface area contributed by atoms with Crippen molar-refractivity contribution in [3.05, 3.63) is 48.5 Å². The first-order valence-corrected chi connectivity index (χ1v) is 10.8. The van der Waals surface area contributed by atoms with Crippen molar-refractivity contribution in [2.45, 2.75) is 24.1 Å². The second-order valence-corrected chi connectivity index (χ2v) is 8.85. The van der Waals surface area contributed by atoms with Crippen LogP contribution in [0.1, 0.15) is 12.8 Å². The summed E-state index contributed by atoms with van der Waals surface area (Å²) in [5, 5.41) is 2.43. The molecular weight excluding hydrogens is 437 g/mol. The molecule has 2 aromatic rings. The van der Waals surface area contributed by atoms with Crippen LogP contribution in [0.5, 0.6) is 11.5 Å². The van der Waals surface area contributed by atoms with Crippen molar-refractivity contribution in [2.75, 3.05) is 25.5 Å². The SMILES string of the molecule is COc1ccc(S(=O)(=O)N2CCCC(C(=O)Nc3ccccc3OC(F)(F)F)C2)cc1. The molecule has 1 aliphatic rings. The van der Waals surface area contributed by atoms with Gasteiger partial charge in [0.05, 0.1) is 23.6 Å². The van der Waals surface area contributed by atoms with Gasteiger partial charge in [0, 0.05) is 13.1 Å². The van der Waals surface area contributed by atoms with Gasteiger partial charge in [0.15, 0.2) is 5.75 Å². The average molecular weight is 458 g/mol. The first kappa shape index (κ1) is 22.9. The smallest absolute Gasteiger partial charge is 0.497 e. The van der Waals surface area contributed by atoms with Gasteiger partial charge in [-0.25, -0.2) is 8.42 Å². The van der Waals surface area contributed by atoms with Gasteiger partial charge in [-0.3, -0.25) is 4.79 Å². The summed E-state index contributed by atoms with van der Waals surface area (Å²) in [5.74, 6) is -1.33. The molecule has 0 aromatic heterocycles. The van der Waals surface area contributed by atoms with Crippen LogP contribution in [0.15, 0.2) is 53.4 Å². The number of carbonyl (C=O) groups is 1. The molecule has 31 heavy (non-hydrogen) atoms. The minimum atomic E-state index is -4.91. The normalized spacial score (nSPS) is 17.7. The zero-order valence-corrected chi connectivity index (χ0v) is 17.4. The maximum atomic E-state index is 12.9. The largest absolute Gasteiger partial charge is 0.573 e. The Labute approximate surface area is 177 Å². The van der Waals surface area contributed by atoms with Crippen molar-refractivity contribution in [3.63, 3.8) is 0 Å². The number of hydrogen-bond acceptors (Lipinski definition) is 5. The van der Waals surface area contributed by atoms with Crippen molar-refractivity contribution in [2.24, 2.45) is 5.92 Å². The Balaban J connectivity index is 1.72. The number of methoxy groups -OCH3 is 1. The molecule has 1 saturated heterocycles. The molecular formula is C20H21F3N2O5S. The summed E-state index contributed by atoms with van der Waals surface area (Å²) in [5.41, 5.74) is -0.139. The highest BCUT2D eigenvalue weighted by Crippen LogP contribution is 2.31. The molecule has 3 rings (SSSR count). The van der Waals surface area contributed by atoms with E-state index < -0.39 is 34.0 Å². The summed E-state index contributed by atoms with van der Waals surface area (Å²) >= 11 is 0. The first-order chi connectivity index (χ1) is 14.6. The number of amides is 1. The van der Waals surface area contributed by atoms with Gasteiger partial charge in [0.25, 0.3) is 0 Å². The standard InChI is InChI=1S/C20H21F3N2O5S/c1-29-15-8-10-16(11-9-15)31(27,28)25-12-4-5-14(13-25)19(26)24-17-6-2-3-7-18(17)30-20(21,22)23/h2-3,6-11,14H,4-5,12-13H2,1H3,(H,24,26). The molecule has 1 N–H and O–H groups in total. The predicted octanol–water partition coefficient (Wildman–Crippen LogP) is 3.63. The van der Waals surface area contributed by atoms with E-state index in [1.165, 1.54) is 53.9 Å². The van der Waals surface area contributed by atoms with Crippen LogP contribution in [0.3, 0.4) is 0 Å². The number of piperidine rings is 1. The Kier molecular flexibility index (Phi) is 6.75. The number of rotatable bonds is 6. The van der Waals surface area contributed by atoms with Crippen LogP contribution in [0.4, 0.5) is 18.9 Å². The number of benzene rings is 2. The van der Waals surface area contributed by atoms with Crippen molar-refractivity contribution in [1.29, 1.82) is 0 Å². The average Bonchev–Trinajstić information content (AvgIpc) is 2.74. The molecule has 168 valence electrons. The number of ether oxygens (including phenoxy) is 2. The van der Waals surface area contributed by atoms with E-state index in [9.17, 15) is 26.4 Å². The third-order valence-corrected chi connectivity index (χ3v) is 6.70. The van der Waals surface area contributed by atoms with Gasteiger partial charge in [-0.05, 0) is 49.2 Å². The molecule has 1 heterocycles. The molecule has 0 radical (unpaired) electrons. The van der Waals surface area contributed by atoms with Crippen molar-refractivity contribution in [1.82, 2.24) is 4.31 Å². The molecule has 7 nitrogen and oxygen atoms in total. The number of nitrogens with one attached hydrogen (secondary N) is 1. The van der Waals surface area contributed by atoms with Gasteiger partial charge in [0.2, 0.25) is 15.9 Å². The van der Waals surface area contributed by atoms with E-state index in [2.05, 4.69) is 10.1 Å². The van der Waals surface area contributed by atoms with Crippen LogP contribution in [-0.2, 0) is 14.8 Å². The molecule has 1 unspecified atom stereocenters. The van der Waals surface area contributed by atoms with E-state index in [1.54, 1.807) is 0 Å². The number of nitrogens with zero attached hydrogens (tertiary/aromatic N) is 1. The zero-order valence-electron chi connectivity index (χ0n) is 16.6. The fraction of sp³-hybridized carbons (Fsp3) is 0.350. The summed E-state index contributed by atoms with van der Waals surface area (Å²) in [6.07, 6.45) is -4.06. The lowest BCUT2D eigenvalue weighted by molar-refractivity contribution is -0.274. The van der Waals surface area contributed by atoms with Gasteiger partial charge in [-0.2, -0.15) is 4.31 Å². The van der Waals surface area contributed by atoms with E-state index in [4.69, 9.17) is 4.74 Å². The number of halogens is 3. The molecule has 1 aliphatic heterocycles. The van der Waals surface area contributed by atoms with Crippen molar-refractivity contribution >= 4 is 21.6 Å². The second-order valence-electron chi connectivity index (χ2n) is 6.91. The minimum absolute atomic E-state index is 0.0679. The lowest BCUT2D eigenvalue weighted by atomic mass is 9.98. The maximum absolute atomic E-state index is 12.9. The molecule has 1 fully saturated rings. The van der Waals surface area contributed by atoms with E-state index in [0.29, 0.717) is 18.6 Å². The zero-order chi connectivity index (χ0) is 22.6. The Morgan fingerprint density at radius 3 is 2.45 bits per heavy atom. The van der Waals surface area contributed by atoms with Crippen LogP contribution < -0.4 is 14.8 Å². The fourth-order valence-corrected chi connectivity index (χ4v) is 4.81. The first-order valence-electron chi connectivity index (χ1n) is 9.40. The number of para-hydroxylation sites is 2. The van der Waals surface area contributed by atoms with Crippen LogP contribution in [0, 0.1) is 5.92 Å². The highest BCUT2D eigenvalue weighted by Gasteiger charge is 2.35. The van der Waals surface area contributed by atoms with Crippen LogP contribution in [0.2, 0.25) is 0 Å². The number of hydrogen-bond donors (Lipinski definition) is 1. The Morgan fingerprint density at radius 2 is 1.81 bits per heavy atom. The second kappa shape index (κ2) is 9.15. The van der Waals surface area contributed by atoms with Gasteiger partial charge in [-0.1, -0.05) is 12.1 Å². The molecule has 0 aliphatic carbocycles.